The zero-order chi connectivity index (χ0) is 9.90. The summed E-state index contributed by atoms with van der Waals surface area (Å²) in [5, 5.41) is 0.482. The molecule has 1 aromatic carbocycles. The zero-order valence-electron chi connectivity index (χ0n) is 7.73. The highest BCUT2D eigenvalue weighted by molar-refractivity contribution is 7.66. The van der Waals surface area contributed by atoms with Gasteiger partial charge in [0, 0.05) is 11.5 Å². The highest BCUT2D eigenvalue weighted by Crippen LogP contribution is 2.38. The fourth-order valence-electron chi connectivity index (χ4n) is 0.998. The Hall–Kier alpha value is -0.790. The van der Waals surface area contributed by atoms with Crippen LogP contribution in [-0.2, 0) is 4.57 Å². The molecule has 0 spiro atoms. The first-order valence-corrected chi connectivity index (χ1v) is 5.91. The third-order valence-electron chi connectivity index (χ3n) is 1.90. The minimum atomic E-state index is -3.11. The van der Waals surface area contributed by atoms with Gasteiger partial charge in [0.2, 0.25) is 7.37 Å². The van der Waals surface area contributed by atoms with Crippen molar-refractivity contribution in [3.63, 3.8) is 0 Å². The van der Waals surface area contributed by atoms with Crippen molar-refractivity contribution in [2.45, 2.75) is 6.92 Å². The molecule has 4 heteroatoms. The standard InChI is InChI=1S/C9H13O3P/c1-3-13(10,11)9-6-4-8(12-2)5-7-9/h4-7H,3H2,1-2H3,(H,10,11). The first-order chi connectivity index (χ1) is 6.10. The van der Waals surface area contributed by atoms with E-state index in [0.29, 0.717) is 11.1 Å². The van der Waals surface area contributed by atoms with E-state index < -0.39 is 7.37 Å². The summed E-state index contributed by atoms with van der Waals surface area (Å²) in [5.74, 6) is 0.694. The number of hydrogen-bond donors (Lipinski definition) is 1. The van der Waals surface area contributed by atoms with Crippen molar-refractivity contribution in [2.75, 3.05) is 13.3 Å². The SMILES string of the molecule is CCP(=O)(O)c1ccc(OC)cc1. The summed E-state index contributed by atoms with van der Waals surface area (Å²) in [4.78, 5) is 9.47. The quantitative estimate of drug-likeness (QED) is 0.754. The second kappa shape index (κ2) is 3.95. The van der Waals surface area contributed by atoms with Crippen LogP contribution in [0.1, 0.15) is 6.92 Å². The molecular weight excluding hydrogens is 187 g/mol. The molecule has 1 unspecified atom stereocenters. The lowest BCUT2D eigenvalue weighted by molar-refractivity contribution is 0.415. The van der Waals surface area contributed by atoms with Crippen molar-refractivity contribution < 1.29 is 14.2 Å². The Labute approximate surface area is 77.8 Å². The molecule has 0 aliphatic heterocycles. The van der Waals surface area contributed by atoms with Gasteiger partial charge >= 0.3 is 0 Å². The molecule has 0 radical (unpaired) electrons. The summed E-state index contributed by atoms with van der Waals surface area (Å²) >= 11 is 0. The van der Waals surface area contributed by atoms with Crippen molar-refractivity contribution in [3.8, 4) is 5.75 Å². The van der Waals surface area contributed by atoms with Crippen LogP contribution in [0.4, 0.5) is 0 Å². The molecule has 0 aromatic heterocycles. The van der Waals surface area contributed by atoms with Gasteiger partial charge in [-0.2, -0.15) is 0 Å². The largest absolute Gasteiger partial charge is 0.497 e. The number of methoxy groups -OCH3 is 1. The van der Waals surface area contributed by atoms with Gasteiger partial charge in [-0.25, -0.2) is 0 Å². The Balaban J connectivity index is 2.99. The van der Waals surface area contributed by atoms with E-state index in [1.807, 2.05) is 0 Å². The average molecular weight is 200 g/mol. The third-order valence-corrected chi connectivity index (χ3v) is 3.87. The summed E-state index contributed by atoms with van der Waals surface area (Å²) in [7, 11) is -1.55. The maximum absolute atomic E-state index is 11.5. The van der Waals surface area contributed by atoms with Crippen LogP contribution < -0.4 is 10.0 Å². The number of ether oxygens (including phenoxy) is 1. The van der Waals surface area contributed by atoms with E-state index in [4.69, 9.17) is 4.74 Å². The van der Waals surface area contributed by atoms with Crippen LogP contribution in [0.2, 0.25) is 0 Å². The smallest absolute Gasteiger partial charge is 0.229 e. The molecule has 0 aliphatic rings. The molecule has 1 N–H and O–H groups in total. The van der Waals surface area contributed by atoms with Crippen LogP contribution in [0.5, 0.6) is 5.75 Å². The normalized spacial score (nSPS) is 15.0. The molecule has 0 bridgehead atoms. The molecule has 13 heavy (non-hydrogen) atoms. The van der Waals surface area contributed by atoms with E-state index >= 15 is 0 Å². The van der Waals surface area contributed by atoms with Gasteiger partial charge in [0.05, 0.1) is 7.11 Å². The summed E-state index contributed by atoms with van der Waals surface area (Å²) in [6, 6.07) is 6.63. The molecule has 72 valence electrons. The molecule has 1 aromatic rings. The van der Waals surface area contributed by atoms with E-state index in [1.54, 1.807) is 38.3 Å². The van der Waals surface area contributed by atoms with Gasteiger partial charge in [0.25, 0.3) is 0 Å². The average Bonchev–Trinajstić information content (AvgIpc) is 2.18. The van der Waals surface area contributed by atoms with E-state index in [-0.39, 0.29) is 6.16 Å². The molecule has 0 saturated carbocycles. The Bertz CT molecular complexity index is 318. The van der Waals surface area contributed by atoms with E-state index in [1.165, 1.54) is 0 Å². The second-order valence-electron chi connectivity index (χ2n) is 2.72. The molecule has 0 heterocycles. The Morgan fingerprint density at radius 1 is 1.38 bits per heavy atom. The molecule has 0 saturated heterocycles. The minimum absolute atomic E-state index is 0.263. The van der Waals surface area contributed by atoms with Gasteiger partial charge in [-0.05, 0) is 24.3 Å². The van der Waals surface area contributed by atoms with Crippen LogP contribution in [0.25, 0.3) is 0 Å². The lowest BCUT2D eigenvalue weighted by Gasteiger charge is -2.09. The fraction of sp³-hybridized carbons (Fsp3) is 0.333. The van der Waals surface area contributed by atoms with Crippen LogP contribution >= 0.6 is 7.37 Å². The Kier molecular flexibility index (Phi) is 3.12. The predicted octanol–water partition coefficient (Wildman–Crippen LogP) is 1.61. The molecule has 0 aliphatic carbocycles. The van der Waals surface area contributed by atoms with Crippen molar-refractivity contribution in [1.29, 1.82) is 0 Å². The van der Waals surface area contributed by atoms with E-state index in [0.717, 1.165) is 0 Å². The van der Waals surface area contributed by atoms with Gasteiger partial charge in [-0.1, -0.05) is 6.92 Å². The van der Waals surface area contributed by atoms with Crippen LogP contribution in [0.15, 0.2) is 24.3 Å². The van der Waals surface area contributed by atoms with Gasteiger partial charge in [-0.15, -0.1) is 0 Å². The Morgan fingerprint density at radius 2 is 1.92 bits per heavy atom. The summed E-state index contributed by atoms with van der Waals surface area (Å²) in [5.41, 5.74) is 0. The summed E-state index contributed by atoms with van der Waals surface area (Å²) < 4.78 is 16.4. The molecule has 1 atom stereocenters. The lowest BCUT2D eigenvalue weighted by Crippen LogP contribution is -2.05. The lowest BCUT2D eigenvalue weighted by atomic mass is 10.3. The summed E-state index contributed by atoms with van der Waals surface area (Å²) in [6.45, 7) is 1.70. The first-order valence-electron chi connectivity index (χ1n) is 4.06. The van der Waals surface area contributed by atoms with Crippen molar-refractivity contribution in [1.82, 2.24) is 0 Å². The molecule has 0 fully saturated rings. The predicted molar refractivity (Wildman–Crippen MR) is 53.0 cm³/mol. The van der Waals surface area contributed by atoms with Crippen molar-refractivity contribution in [3.05, 3.63) is 24.3 Å². The number of hydrogen-bond acceptors (Lipinski definition) is 2. The second-order valence-corrected chi connectivity index (χ2v) is 5.27. The highest BCUT2D eigenvalue weighted by atomic mass is 31.2. The Morgan fingerprint density at radius 3 is 2.31 bits per heavy atom. The number of rotatable bonds is 3. The van der Waals surface area contributed by atoms with E-state index in [9.17, 15) is 9.46 Å². The minimum Gasteiger partial charge on any atom is -0.497 e. The highest BCUT2D eigenvalue weighted by Gasteiger charge is 2.17. The topological polar surface area (TPSA) is 46.5 Å². The van der Waals surface area contributed by atoms with Crippen molar-refractivity contribution in [2.24, 2.45) is 0 Å². The molecule has 0 amide bonds. The maximum atomic E-state index is 11.5. The molecule has 3 nitrogen and oxygen atoms in total. The van der Waals surface area contributed by atoms with Gasteiger partial charge in [0.1, 0.15) is 5.75 Å². The van der Waals surface area contributed by atoms with Crippen LogP contribution in [0, 0.1) is 0 Å². The fourth-order valence-corrected chi connectivity index (χ4v) is 1.98. The zero-order valence-corrected chi connectivity index (χ0v) is 8.62. The van der Waals surface area contributed by atoms with Crippen molar-refractivity contribution >= 4 is 12.7 Å². The summed E-state index contributed by atoms with van der Waals surface area (Å²) in [6.07, 6.45) is 0.263. The maximum Gasteiger partial charge on any atom is 0.229 e. The van der Waals surface area contributed by atoms with E-state index in [2.05, 4.69) is 0 Å². The van der Waals surface area contributed by atoms with Gasteiger partial charge in [0.15, 0.2) is 0 Å². The van der Waals surface area contributed by atoms with Gasteiger partial charge in [-0.3, -0.25) is 4.57 Å². The van der Waals surface area contributed by atoms with Gasteiger partial charge < -0.3 is 9.63 Å². The molecule has 1 rings (SSSR count). The first kappa shape index (κ1) is 10.3. The van der Waals surface area contributed by atoms with Crippen LogP contribution in [0.3, 0.4) is 0 Å². The monoisotopic (exact) mass is 200 g/mol. The van der Waals surface area contributed by atoms with Crippen LogP contribution in [-0.4, -0.2) is 18.2 Å². The molecular formula is C9H13O3P. The number of benzene rings is 1. The third kappa shape index (κ3) is 2.33.